The molecule has 158 valence electrons. The summed E-state index contributed by atoms with van der Waals surface area (Å²) >= 11 is 0. The Labute approximate surface area is 157 Å². The van der Waals surface area contributed by atoms with Gasteiger partial charge in [0.15, 0.2) is 17.6 Å². The third-order valence-electron chi connectivity index (χ3n) is 3.26. The van der Waals surface area contributed by atoms with Gasteiger partial charge in [-0.25, -0.2) is 4.57 Å². The minimum Gasteiger partial charge on any atom is -0.480 e. The van der Waals surface area contributed by atoms with Gasteiger partial charge in [0, 0.05) is 10.8 Å². The number of phosphoric ester groups is 1. The Morgan fingerprint density at radius 2 is 1.30 bits per heavy atom. The van der Waals surface area contributed by atoms with Crippen molar-refractivity contribution in [1.29, 1.82) is 0 Å². The third-order valence-corrected chi connectivity index (χ3v) is 3.74. The Hall–Kier alpha value is -1.20. The molecule has 12 heteroatoms. The van der Waals surface area contributed by atoms with Crippen molar-refractivity contribution in [3.63, 3.8) is 0 Å². The number of carboxylic acid groups (broad SMARTS) is 1. The molecule has 0 saturated carbocycles. The molecule has 0 aliphatic carbocycles. The number of carboxylic acids is 1. The molecule has 0 aromatic heterocycles. The normalized spacial score (nSPS) is 14.3. The predicted molar refractivity (Wildman–Crippen MR) is 92.1 cm³/mol. The van der Waals surface area contributed by atoms with Crippen molar-refractivity contribution in [1.82, 2.24) is 5.23 Å². The van der Waals surface area contributed by atoms with Gasteiger partial charge < -0.3 is 14.9 Å². The predicted octanol–water partition coefficient (Wildman–Crippen LogP) is 0.944. The van der Waals surface area contributed by atoms with E-state index in [9.17, 15) is 24.1 Å². The van der Waals surface area contributed by atoms with Crippen molar-refractivity contribution in [3.05, 3.63) is 0 Å². The van der Waals surface area contributed by atoms with E-state index in [0.29, 0.717) is 5.23 Å². The van der Waals surface area contributed by atoms with Crippen LogP contribution in [0.15, 0.2) is 0 Å². The largest absolute Gasteiger partial charge is 0.480 e. The molecule has 0 fully saturated rings. The first-order valence-electron chi connectivity index (χ1n) is 7.99. The van der Waals surface area contributed by atoms with Crippen LogP contribution in [0.3, 0.4) is 0 Å². The Kier molecular flexibility index (Phi) is 9.39. The van der Waals surface area contributed by atoms with E-state index in [1.165, 1.54) is 0 Å². The molecule has 0 aliphatic rings. The van der Waals surface area contributed by atoms with E-state index < -0.39 is 62.1 Å². The number of hydrogen-bond acceptors (Lipinski definition) is 8. The van der Waals surface area contributed by atoms with Gasteiger partial charge in [-0.2, -0.15) is 0 Å². The number of aliphatic carboxylic acids is 1. The van der Waals surface area contributed by atoms with Crippen LogP contribution in [-0.2, 0) is 33.1 Å². The number of carbonyl (C=O) groups is 3. The maximum Gasteiger partial charge on any atom is 0.469 e. The molecule has 3 N–H and O–H groups in total. The van der Waals surface area contributed by atoms with Crippen molar-refractivity contribution < 1.29 is 48.0 Å². The third kappa shape index (κ3) is 10.6. The highest BCUT2D eigenvalue weighted by Gasteiger charge is 2.34. The zero-order valence-electron chi connectivity index (χ0n) is 16.3. The monoisotopic (exact) mass is 413 g/mol. The molecular weight excluding hydrogens is 385 g/mol. The number of carbonyl (C=O) groups excluding carboxylic acids is 2. The van der Waals surface area contributed by atoms with Gasteiger partial charge in [0.05, 0.1) is 6.61 Å². The molecule has 0 aromatic rings. The van der Waals surface area contributed by atoms with Crippen molar-refractivity contribution in [2.24, 2.45) is 10.8 Å². The topological polar surface area (TPSA) is 160 Å². The molecule has 1 atom stereocenters. The molecule has 0 spiro atoms. The van der Waals surface area contributed by atoms with Gasteiger partial charge >= 0.3 is 13.8 Å². The number of Topliss-reactive ketones (excluding diaryl/α,β-unsaturated/α-hetero) is 2. The number of hydroxylamine groups is 2. The van der Waals surface area contributed by atoms with Crippen molar-refractivity contribution in [2.75, 3.05) is 19.8 Å². The molecule has 0 rings (SSSR count). The summed E-state index contributed by atoms with van der Waals surface area (Å²) in [5, 5.41) is 9.64. The van der Waals surface area contributed by atoms with E-state index in [2.05, 4.69) is 4.52 Å². The molecule has 0 bridgehead atoms. The van der Waals surface area contributed by atoms with Gasteiger partial charge in [-0.1, -0.05) is 41.5 Å². The lowest BCUT2D eigenvalue weighted by atomic mass is 9.91. The molecule has 11 nitrogen and oxygen atoms in total. The first-order valence-corrected chi connectivity index (χ1v) is 9.52. The summed E-state index contributed by atoms with van der Waals surface area (Å²) < 4.78 is 15.0. The first kappa shape index (κ1) is 25.8. The molecule has 0 aliphatic heterocycles. The average molecular weight is 413 g/mol. The van der Waals surface area contributed by atoms with Crippen LogP contribution in [0.1, 0.15) is 41.5 Å². The zero-order chi connectivity index (χ0) is 21.6. The van der Waals surface area contributed by atoms with Gasteiger partial charge in [0.2, 0.25) is 0 Å². The number of phosphoric acid groups is 1. The zero-order valence-corrected chi connectivity index (χ0v) is 17.2. The van der Waals surface area contributed by atoms with Gasteiger partial charge in [0.25, 0.3) is 0 Å². The second kappa shape index (κ2) is 9.83. The highest BCUT2D eigenvalue weighted by Crippen LogP contribution is 2.36. The Balaban J connectivity index is 5.32. The van der Waals surface area contributed by atoms with Crippen LogP contribution in [0.2, 0.25) is 0 Å². The van der Waals surface area contributed by atoms with Gasteiger partial charge in [0.1, 0.15) is 13.2 Å². The Morgan fingerprint density at radius 3 is 1.56 bits per heavy atom. The average Bonchev–Trinajstić information content (AvgIpc) is 2.44. The second-order valence-electron chi connectivity index (χ2n) is 7.82. The molecule has 0 aromatic carbocycles. The highest BCUT2D eigenvalue weighted by atomic mass is 31.2. The lowest BCUT2D eigenvalue weighted by Gasteiger charge is -2.28. The van der Waals surface area contributed by atoms with Gasteiger partial charge in [-0.05, 0) is 5.23 Å². The molecule has 0 amide bonds. The highest BCUT2D eigenvalue weighted by molar-refractivity contribution is 7.46. The van der Waals surface area contributed by atoms with E-state index in [4.69, 9.17) is 19.5 Å². The van der Waals surface area contributed by atoms with Gasteiger partial charge in [-0.15, -0.1) is 0 Å². The summed E-state index contributed by atoms with van der Waals surface area (Å²) in [6.07, 6.45) is 0. The SMILES string of the molecule is CC(C)(C)C(=O)CON(OCC(=O)C(C)(C)C)[C@@H](COP(=O)(O)O)C(=O)O. The standard InChI is InChI=1S/C15H28NO10P/c1-14(2,3)11(17)8-24-16(25-9-12(18)15(4,5)6)10(13(19)20)7-26-27(21,22)23/h10H,7-9H2,1-6H3,(H,19,20)(H2,21,22,23)/t10-/m0/s1. The minimum absolute atomic E-state index is 0.352. The van der Waals surface area contributed by atoms with Crippen molar-refractivity contribution >= 4 is 25.4 Å². The van der Waals surface area contributed by atoms with Crippen LogP contribution >= 0.6 is 7.82 Å². The first-order chi connectivity index (χ1) is 11.9. The summed E-state index contributed by atoms with van der Waals surface area (Å²) in [5.41, 5.74) is -1.57. The van der Waals surface area contributed by atoms with E-state index in [-0.39, 0.29) is 0 Å². The molecule has 0 saturated heterocycles. The smallest absolute Gasteiger partial charge is 0.469 e. The van der Waals surface area contributed by atoms with Crippen LogP contribution in [0.5, 0.6) is 0 Å². The summed E-state index contributed by atoms with van der Waals surface area (Å²) in [6.45, 7) is 7.58. The molecule has 0 radical (unpaired) electrons. The fourth-order valence-electron chi connectivity index (χ4n) is 1.28. The van der Waals surface area contributed by atoms with Crippen LogP contribution in [0, 0.1) is 10.8 Å². The number of ketones is 2. The van der Waals surface area contributed by atoms with E-state index in [1.807, 2.05) is 0 Å². The fraction of sp³-hybridized carbons (Fsp3) is 0.800. The summed E-state index contributed by atoms with van der Waals surface area (Å²) in [7, 11) is -4.96. The lowest BCUT2D eigenvalue weighted by molar-refractivity contribution is -0.378. The maximum absolute atomic E-state index is 12.0. The Bertz CT molecular complexity index is 556. The molecule has 0 unspecified atom stereocenters. The second-order valence-corrected chi connectivity index (χ2v) is 9.06. The quantitative estimate of drug-likeness (QED) is 0.327. The van der Waals surface area contributed by atoms with Crippen molar-refractivity contribution in [3.8, 4) is 0 Å². The molecule has 0 heterocycles. The summed E-state index contributed by atoms with van der Waals surface area (Å²) in [5.74, 6) is -2.38. The molecule has 27 heavy (non-hydrogen) atoms. The van der Waals surface area contributed by atoms with Crippen molar-refractivity contribution in [2.45, 2.75) is 47.6 Å². The van der Waals surface area contributed by atoms with Crippen LogP contribution in [0.25, 0.3) is 0 Å². The molecular formula is C15H28NO10P. The van der Waals surface area contributed by atoms with E-state index in [1.54, 1.807) is 41.5 Å². The maximum atomic E-state index is 12.0. The Morgan fingerprint density at radius 1 is 0.926 bits per heavy atom. The summed E-state index contributed by atoms with van der Waals surface area (Å²) in [6, 6.07) is -1.84. The van der Waals surface area contributed by atoms with Gasteiger partial charge in [-0.3, -0.25) is 28.6 Å². The number of nitrogens with zero attached hydrogens (tertiary/aromatic N) is 1. The number of hydrogen-bond donors (Lipinski definition) is 3. The van der Waals surface area contributed by atoms with Crippen LogP contribution < -0.4 is 0 Å². The summed E-state index contributed by atoms with van der Waals surface area (Å²) in [4.78, 5) is 63.1. The minimum atomic E-state index is -4.96. The fourth-order valence-corrected chi connectivity index (χ4v) is 1.62. The van der Waals surface area contributed by atoms with E-state index in [0.717, 1.165) is 0 Å². The van der Waals surface area contributed by atoms with Crippen LogP contribution in [-0.4, -0.2) is 63.5 Å². The van der Waals surface area contributed by atoms with Crippen LogP contribution in [0.4, 0.5) is 0 Å². The van der Waals surface area contributed by atoms with E-state index >= 15 is 0 Å². The number of rotatable bonds is 11. The lowest BCUT2D eigenvalue weighted by Crippen LogP contribution is -2.46.